The minimum atomic E-state index is -5.26. The molecule has 0 aliphatic heterocycles. The van der Waals surface area contributed by atoms with Gasteiger partial charge in [-0.1, -0.05) is 0 Å². The fraction of sp³-hybridized carbons (Fsp3) is 0.200. The summed E-state index contributed by atoms with van der Waals surface area (Å²) in [5.41, 5.74) is -6.54. The second-order valence-electron chi connectivity index (χ2n) is 3.41. The van der Waals surface area contributed by atoms with Gasteiger partial charge in [0, 0.05) is 5.56 Å². The normalized spacial score (nSPS) is 12.3. The molecule has 1 aromatic carbocycles. The molecule has 0 heterocycles. The van der Waals surface area contributed by atoms with E-state index in [0.29, 0.717) is 0 Å². The molecule has 0 saturated heterocycles. The molecule has 0 aliphatic carbocycles. The number of rotatable bonds is 2. The highest BCUT2D eigenvalue weighted by molar-refractivity contribution is 5.93. The van der Waals surface area contributed by atoms with E-state index in [2.05, 4.69) is 0 Å². The number of hydrogen-bond donors (Lipinski definition) is 1. The second kappa shape index (κ2) is 4.56. The molecule has 0 saturated carbocycles. The van der Waals surface area contributed by atoms with E-state index in [0.717, 1.165) is 0 Å². The summed E-state index contributed by atoms with van der Waals surface area (Å²) in [6.07, 6.45) is -10.8. The first kappa shape index (κ1) is 15.0. The number of hydrogen-bond acceptors (Lipinski definition) is 2. The highest BCUT2D eigenvalue weighted by Gasteiger charge is 2.41. The van der Waals surface area contributed by atoms with Gasteiger partial charge in [-0.3, -0.25) is 4.79 Å². The fourth-order valence-electron chi connectivity index (χ4n) is 1.41. The maximum absolute atomic E-state index is 12.6. The van der Waals surface area contributed by atoms with E-state index in [4.69, 9.17) is 5.11 Å². The van der Waals surface area contributed by atoms with E-state index in [-0.39, 0.29) is 12.1 Å². The molecule has 104 valence electrons. The first-order valence-corrected chi connectivity index (χ1v) is 4.49. The largest absolute Gasteiger partial charge is 0.478 e. The first-order valence-electron chi connectivity index (χ1n) is 4.49. The summed E-state index contributed by atoms with van der Waals surface area (Å²) in [5.74, 6) is -2.21. The quantitative estimate of drug-likeness (QED) is 0.670. The summed E-state index contributed by atoms with van der Waals surface area (Å²) >= 11 is 0. The molecule has 1 rings (SSSR count). The Labute approximate surface area is 101 Å². The van der Waals surface area contributed by atoms with Crippen LogP contribution in [-0.4, -0.2) is 17.4 Å². The smallest absolute Gasteiger partial charge is 0.417 e. The van der Waals surface area contributed by atoms with Gasteiger partial charge in [-0.05, 0) is 12.1 Å². The monoisotopic (exact) mass is 286 g/mol. The molecule has 3 nitrogen and oxygen atoms in total. The summed E-state index contributed by atoms with van der Waals surface area (Å²) in [4.78, 5) is 21.1. The number of carbonyl (C=O) groups excluding carboxylic acids is 1. The number of aldehydes is 1. The van der Waals surface area contributed by atoms with Crippen molar-refractivity contribution in [2.75, 3.05) is 0 Å². The van der Waals surface area contributed by atoms with E-state index in [1.807, 2.05) is 0 Å². The summed E-state index contributed by atoms with van der Waals surface area (Å²) in [6, 6.07) is -0.194. The van der Waals surface area contributed by atoms with Crippen LogP contribution in [0.3, 0.4) is 0 Å². The minimum absolute atomic E-state index is 0.0394. The van der Waals surface area contributed by atoms with Crippen molar-refractivity contribution < 1.29 is 41.0 Å². The third-order valence-electron chi connectivity index (χ3n) is 2.14. The van der Waals surface area contributed by atoms with Crippen LogP contribution < -0.4 is 0 Å². The lowest BCUT2D eigenvalue weighted by Gasteiger charge is -2.15. The van der Waals surface area contributed by atoms with E-state index in [9.17, 15) is 35.9 Å². The number of carboxylic acid groups (broad SMARTS) is 1. The maximum Gasteiger partial charge on any atom is 0.417 e. The summed E-state index contributed by atoms with van der Waals surface area (Å²) in [7, 11) is 0. The Balaban J connectivity index is 3.74. The molecule has 0 unspecified atom stereocenters. The van der Waals surface area contributed by atoms with E-state index in [1.165, 1.54) is 0 Å². The van der Waals surface area contributed by atoms with Crippen molar-refractivity contribution in [2.45, 2.75) is 12.4 Å². The van der Waals surface area contributed by atoms with E-state index < -0.39 is 46.9 Å². The zero-order valence-electron chi connectivity index (χ0n) is 8.76. The highest BCUT2D eigenvalue weighted by atomic mass is 19.4. The molecule has 0 bridgehead atoms. The molecule has 0 radical (unpaired) electrons. The lowest BCUT2D eigenvalue weighted by atomic mass is 9.97. The zero-order chi connectivity index (χ0) is 15.0. The van der Waals surface area contributed by atoms with Gasteiger partial charge in [0.05, 0.1) is 16.7 Å². The Hall–Kier alpha value is -2.06. The topological polar surface area (TPSA) is 54.4 Å². The predicted octanol–water partition coefficient (Wildman–Crippen LogP) is 3.23. The van der Waals surface area contributed by atoms with Crippen LogP contribution in [0.1, 0.15) is 31.8 Å². The molecule has 0 spiro atoms. The summed E-state index contributed by atoms with van der Waals surface area (Å²) in [6.45, 7) is 0. The van der Waals surface area contributed by atoms with Crippen LogP contribution in [0, 0.1) is 0 Å². The third-order valence-corrected chi connectivity index (χ3v) is 2.14. The molecule has 0 atom stereocenters. The average Bonchev–Trinajstić information content (AvgIpc) is 2.24. The first-order chi connectivity index (χ1) is 8.48. The van der Waals surface area contributed by atoms with Gasteiger partial charge in [0.2, 0.25) is 0 Å². The van der Waals surface area contributed by atoms with Crippen LogP contribution in [0.25, 0.3) is 0 Å². The number of halogens is 6. The van der Waals surface area contributed by atoms with Gasteiger partial charge in [-0.15, -0.1) is 0 Å². The van der Waals surface area contributed by atoms with Gasteiger partial charge >= 0.3 is 18.3 Å². The molecule has 19 heavy (non-hydrogen) atoms. The average molecular weight is 286 g/mol. The van der Waals surface area contributed by atoms with Crippen LogP contribution in [0.5, 0.6) is 0 Å². The van der Waals surface area contributed by atoms with Crippen LogP contribution in [0.4, 0.5) is 26.3 Å². The lowest BCUT2D eigenvalue weighted by molar-refractivity contribution is -0.141. The SMILES string of the molecule is O=Cc1cc(C(F)(F)F)cc(C(=O)O)c1C(F)(F)F. The number of alkyl halides is 6. The molecule has 1 N–H and O–H groups in total. The highest BCUT2D eigenvalue weighted by Crippen LogP contribution is 2.38. The van der Waals surface area contributed by atoms with Gasteiger partial charge in [-0.25, -0.2) is 4.79 Å². The Morgan fingerprint density at radius 2 is 1.58 bits per heavy atom. The molecule has 0 amide bonds. The molecule has 9 heteroatoms. The van der Waals surface area contributed by atoms with E-state index in [1.54, 1.807) is 0 Å². The number of carboxylic acids is 1. The van der Waals surface area contributed by atoms with Gasteiger partial charge in [0.1, 0.15) is 0 Å². The number of carbonyl (C=O) groups is 2. The van der Waals surface area contributed by atoms with Gasteiger partial charge in [-0.2, -0.15) is 26.3 Å². The third kappa shape index (κ3) is 3.04. The fourth-order valence-corrected chi connectivity index (χ4v) is 1.41. The van der Waals surface area contributed by atoms with Crippen LogP contribution in [0.15, 0.2) is 12.1 Å². The van der Waals surface area contributed by atoms with Crippen LogP contribution in [-0.2, 0) is 12.4 Å². The molecule has 1 aromatic rings. The molecular formula is C10H4F6O3. The maximum atomic E-state index is 12.6. The Morgan fingerprint density at radius 3 is 1.89 bits per heavy atom. The lowest BCUT2D eigenvalue weighted by Crippen LogP contribution is -2.18. The Kier molecular flexibility index (Phi) is 3.60. The van der Waals surface area contributed by atoms with Gasteiger partial charge < -0.3 is 5.11 Å². The van der Waals surface area contributed by atoms with Crippen molar-refractivity contribution in [3.8, 4) is 0 Å². The Morgan fingerprint density at radius 1 is 1.05 bits per heavy atom. The number of aromatic carboxylic acids is 1. The van der Waals surface area contributed by atoms with Crippen molar-refractivity contribution >= 4 is 12.3 Å². The second-order valence-corrected chi connectivity index (χ2v) is 3.41. The van der Waals surface area contributed by atoms with Crippen LogP contribution >= 0.6 is 0 Å². The minimum Gasteiger partial charge on any atom is -0.478 e. The number of benzene rings is 1. The molecule has 0 fully saturated rings. The van der Waals surface area contributed by atoms with Gasteiger partial charge in [0.25, 0.3) is 0 Å². The van der Waals surface area contributed by atoms with Crippen molar-refractivity contribution in [3.05, 3.63) is 34.4 Å². The molecule has 0 aromatic heterocycles. The van der Waals surface area contributed by atoms with Crippen molar-refractivity contribution in [2.24, 2.45) is 0 Å². The van der Waals surface area contributed by atoms with Crippen molar-refractivity contribution in [1.29, 1.82) is 0 Å². The van der Waals surface area contributed by atoms with Crippen molar-refractivity contribution in [3.63, 3.8) is 0 Å². The van der Waals surface area contributed by atoms with Crippen molar-refractivity contribution in [1.82, 2.24) is 0 Å². The summed E-state index contributed by atoms with van der Waals surface area (Å²) < 4.78 is 74.9. The zero-order valence-corrected chi connectivity index (χ0v) is 8.76. The van der Waals surface area contributed by atoms with Crippen LogP contribution in [0.2, 0.25) is 0 Å². The standard InChI is InChI=1S/C10H4F6O3/c11-9(12,13)5-1-4(3-17)7(10(14,15)16)6(2-5)8(18)19/h1-3H,(H,18,19). The van der Waals surface area contributed by atoms with Gasteiger partial charge in [0.15, 0.2) is 6.29 Å². The summed E-state index contributed by atoms with van der Waals surface area (Å²) in [5, 5.41) is 8.56. The van der Waals surface area contributed by atoms with E-state index >= 15 is 0 Å². The molecular weight excluding hydrogens is 282 g/mol. The molecule has 0 aliphatic rings. The Bertz CT molecular complexity index is 529. The predicted molar refractivity (Wildman–Crippen MR) is 48.8 cm³/mol.